The first kappa shape index (κ1) is 23.0. The second-order valence-electron chi connectivity index (χ2n) is 7.95. The lowest BCUT2D eigenvalue weighted by Gasteiger charge is -2.32. The van der Waals surface area contributed by atoms with Gasteiger partial charge in [0.1, 0.15) is 11.4 Å². The average molecular weight is 445 g/mol. The molecule has 3 rings (SSSR count). The zero-order valence-electron chi connectivity index (χ0n) is 18.2. The Balaban J connectivity index is 1.66. The zero-order chi connectivity index (χ0) is 22.3. The molecular weight excluding hydrogens is 412 g/mol. The molecule has 0 aliphatic carbocycles. The summed E-state index contributed by atoms with van der Waals surface area (Å²) in [4.78, 5) is 23.8. The van der Waals surface area contributed by atoms with E-state index in [1.54, 1.807) is 13.1 Å². The minimum atomic E-state index is -0.978. The number of amides is 1. The van der Waals surface area contributed by atoms with Crippen LogP contribution in [0.1, 0.15) is 37.1 Å². The molecule has 2 aromatic heterocycles. The average Bonchev–Trinajstić information content (AvgIpc) is 3.32. The van der Waals surface area contributed by atoms with Crippen molar-refractivity contribution in [3.63, 3.8) is 0 Å². The van der Waals surface area contributed by atoms with Crippen molar-refractivity contribution in [2.24, 2.45) is 16.6 Å². The number of aromatic nitrogens is 1. The van der Waals surface area contributed by atoms with Crippen molar-refractivity contribution in [3.8, 4) is 0 Å². The third kappa shape index (κ3) is 6.18. The van der Waals surface area contributed by atoms with E-state index in [1.807, 2.05) is 36.6 Å². The number of carbonyl (C=O) groups excluding carboxylic acids is 1. The highest BCUT2D eigenvalue weighted by Gasteiger charge is 2.26. The third-order valence-electron chi connectivity index (χ3n) is 5.47. The lowest BCUT2D eigenvalue weighted by molar-refractivity contribution is -0.122. The van der Waals surface area contributed by atoms with Crippen molar-refractivity contribution in [1.29, 1.82) is 0 Å². The van der Waals surface area contributed by atoms with Gasteiger partial charge >= 0.3 is 0 Å². The monoisotopic (exact) mass is 444 g/mol. The lowest BCUT2D eigenvalue weighted by Crippen LogP contribution is -2.44. The maximum Gasteiger partial charge on any atom is 0.220 e. The number of hydrogen-bond donors (Lipinski definition) is 4. The fourth-order valence-electron chi connectivity index (χ4n) is 3.65. The fourth-order valence-corrected chi connectivity index (χ4v) is 4.44. The molecule has 1 aliphatic rings. The van der Waals surface area contributed by atoms with Crippen molar-refractivity contribution >= 4 is 29.0 Å². The number of anilines is 1. The Morgan fingerprint density at radius 1 is 1.35 bits per heavy atom. The molecule has 1 aliphatic heterocycles. The lowest BCUT2D eigenvalue weighted by atomic mass is 9.96. The van der Waals surface area contributed by atoms with E-state index in [0.717, 1.165) is 42.2 Å². The van der Waals surface area contributed by atoms with Crippen LogP contribution in [0.25, 0.3) is 0 Å². The fraction of sp³-hybridized carbons (Fsp3) is 0.500. The Hall–Kier alpha value is -2.65. The smallest absolute Gasteiger partial charge is 0.220 e. The number of thiophene rings is 1. The number of carbonyl (C=O) groups is 1. The summed E-state index contributed by atoms with van der Waals surface area (Å²) >= 11 is 1.53. The van der Waals surface area contributed by atoms with E-state index >= 15 is 0 Å². The molecule has 1 unspecified atom stereocenters. The largest absolute Gasteiger partial charge is 0.383 e. The summed E-state index contributed by atoms with van der Waals surface area (Å²) in [5.41, 5.74) is 5.50. The summed E-state index contributed by atoms with van der Waals surface area (Å²) in [5, 5.41) is 19.2. The van der Waals surface area contributed by atoms with Crippen molar-refractivity contribution in [1.82, 2.24) is 15.6 Å². The summed E-state index contributed by atoms with van der Waals surface area (Å²) in [6, 6.07) is 7.80. The predicted molar refractivity (Wildman–Crippen MR) is 125 cm³/mol. The van der Waals surface area contributed by atoms with Crippen LogP contribution in [0.5, 0.6) is 0 Å². The molecule has 1 saturated heterocycles. The summed E-state index contributed by atoms with van der Waals surface area (Å²) < 4.78 is 0. The summed E-state index contributed by atoms with van der Waals surface area (Å²) in [7, 11) is 0. The number of guanidine groups is 1. The normalized spacial score (nSPS) is 17.3. The number of nitrogens with two attached hydrogens (primary N) is 1. The first-order chi connectivity index (χ1) is 14.9. The van der Waals surface area contributed by atoms with Crippen molar-refractivity contribution in [2.45, 2.75) is 38.8 Å². The Bertz CT molecular complexity index is 876. The molecule has 1 atom stereocenters. The molecule has 9 heteroatoms. The van der Waals surface area contributed by atoms with Crippen LogP contribution < -0.4 is 21.3 Å². The second-order valence-corrected chi connectivity index (χ2v) is 8.90. The molecule has 8 nitrogen and oxygen atoms in total. The first-order valence-corrected chi connectivity index (χ1v) is 11.6. The van der Waals surface area contributed by atoms with Gasteiger partial charge in [-0.25, -0.2) is 9.98 Å². The molecule has 1 fully saturated rings. The molecule has 0 radical (unpaired) electrons. The number of piperidine rings is 1. The van der Waals surface area contributed by atoms with Crippen LogP contribution in [0.4, 0.5) is 5.82 Å². The number of primary amides is 1. The van der Waals surface area contributed by atoms with Crippen molar-refractivity contribution in [3.05, 3.63) is 46.3 Å². The van der Waals surface area contributed by atoms with Gasteiger partial charge in [0.25, 0.3) is 0 Å². The maximum absolute atomic E-state index is 11.4. The zero-order valence-corrected chi connectivity index (χ0v) is 19.0. The molecule has 0 bridgehead atoms. The molecule has 0 aromatic carbocycles. The summed E-state index contributed by atoms with van der Waals surface area (Å²) in [6.07, 6.45) is 3.28. The van der Waals surface area contributed by atoms with Crippen molar-refractivity contribution in [2.75, 3.05) is 31.1 Å². The van der Waals surface area contributed by atoms with E-state index < -0.39 is 5.60 Å². The molecule has 31 heavy (non-hydrogen) atoms. The summed E-state index contributed by atoms with van der Waals surface area (Å²) in [6.45, 7) is 6.83. The van der Waals surface area contributed by atoms with Crippen LogP contribution in [0.15, 0.2) is 40.8 Å². The van der Waals surface area contributed by atoms with Gasteiger partial charge in [-0.05, 0) is 44.2 Å². The SMILES string of the molecule is CCNC(=NCc1cccnc1N1CCC(C(N)=O)CC1)NCC(C)(O)c1cccs1. The van der Waals surface area contributed by atoms with Crippen LogP contribution >= 0.6 is 11.3 Å². The van der Waals surface area contributed by atoms with Gasteiger partial charge in [-0.1, -0.05) is 12.1 Å². The number of rotatable bonds is 8. The number of aliphatic hydroxyl groups is 1. The number of nitrogens with one attached hydrogen (secondary N) is 2. The van der Waals surface area contributed by atoms with E-state index in [0.29, 0.717) is 25.6 Å². The van der Waals surface area contributed by atoms with Gasteiger partial charge in [-0.3, -0.25) is 4.79 Å². The van der Waals surface area contributed by atoms with E-state index in [1.165, 1.54) is 11.3 Å². The van der Waals surface area contributed by atoms with E-state index in [9.17, 15) is 9.90 Å². The van der Waals surface area contributed by atoms with Crippen LogP contribution in [0, 0.1) is 5.92 Å². The van der Waals surface area contributed by atoms with E-state index in [2.05, 4.69) is 20.5 Å². The van der Waals surface area contributed by atoms with Crippen LogP contribution in [0.2, 0.25) is 0 Å². The minimum absolute atomic E-state index is 0.0536. The minimum Gasteiger partial charge on any atom is -0.383 e. The second kappa shape index (κ2) is 10.6. The van der Waals surface area contributed by atoms with Gasteiger partial charge in [-0.2, -0.15) is 0 Å². The van der Waals surface area contributed by atoms with Gasteiger partial charge in [0.2, 0.25) is 5.91 Å². The molecule has 2 aromatic rings. The Kier molecular flexibility index (Phi) is 7.86. The van der Waals surface area contributed by atoms with Gasteiger partial charge in [0, 0.05) is 42.2 Å². The summed E-state index contributed by atoms with van der Waals surface area (Å²) in [5.74, 6) is 1.27. The maximum atomic E-state index is 11.4. The highest BCUT2D eigenvalue weighted by atomic mass is 32.1. The van der Waals surface area contributed by atoms with Crippen LogP contribution in [-0.2, 0) is 16.9 Å². The standard InChI is InChI=1S/C22H32N6O2S/c1-3-24-21(27-15-22(2,30)18-7-5-13-31-18)26-14-17-6-4-10-25-20(17)28-11-8-16(9-12-28)19(23)29/h4-7,10,13,16,30H,3,8-9,11-12,14-15H2,1-2H3,(H2,23,29)(H2,24,26,27). The molecule has 1 amide bonds. The quantitative estimate of drug-likeness (QED) is 0.365. The molecule has 0 saturated carbocycles. The van der Waals surface area contributed by atoms with Gasteiger partial charge < -0.3 is 26.4 Å². The van der Waals surface area contributed by atoms with Gasteiger partial charge in [0.15, 0.2) is 5.96 Å². The third-order valence-corrected chi connectivity index (χ3v) is 6.59. The first-order valence-electron chi connectivity index (χ1n) is 10.7. The number of nitrogens with zero attached hydrogens (tertiary/aromatic N) is 3. The number of hydrogen-bond acceptors (Lipinski definition) is 6. The molecule has 5 N–H and O–H groups in total. The molecule has 3 heterocycles. The molecule has 168 valence electrons. The number of pyridine rings is 1. The van der Waals surface area contributed by atoms with Crippen LogP contribution in [-0.4, -0.2) is 48.1 Å². The van der Waals surface area contributed by atoms with Crippen LogP contribution in [0.3, 0.4) is 0 Å². The predicted octanol–water partition coefficient (Wildman–Crippen LogP) is 1.81. The molecule has 0 spiro atoms. The topological polar surface area (TPSA) is 116 Å². The highest BCUT2D eigenvalue weighted by molar-refractivity contribution is 7.10. The Morgan fingerprint density at radius 2 is 2.13 bits per heavy atom. The molecular formula is C22H32N6O2S. The Labute approximate surface area is 187 Å². The van der Waals surface area contributed by atoms with E-state index in [-0.39, 0.29) is 11.8 Å². The number of aliphatic imine (C=N–C) groups is 1. The van der Waals surface area contributed by atoms with Gasteiger partial charge in [-0.15, -0.1) is 11.3 Å². The highest BCUT2D eigenvalue weighted by Crippen LogP contribution is 2.26. The van der Waals surface area contributed by atoms with Crippen molar-refractivity contribution < 1.29 is 9.90 Å². The Morgan fingerprint density at radius 3 is 2.77 bits per heavy atom. The van der Waals surface area contributed by atoms with E-state index in [4.69, 9.17) is 10.7 Å². The van der Waals surface area contributed by atoms with Gasteiger partial charge in [0.05, 0.1) is 13.1 Å².